The molecule has 0 bridgehead atoms. The highest BCUT2D eigenvalue weighted by molar-refractivity contribution is 6.17. The molecule has 12 nitrogen and oxygen atoms in total. The lowest BCUT2D eigenvalue weighted by molar-refractivity contribution is -0.137. The predicted molar refractivity (Wildman–Crippen MR) is 203 cm³/mol. The van der Waals surface area contributed by atoms with Gasteiger partial charge in [0.05, 0.1) is 39.4 Å². The van der Waals surface area contributed by atoms with E-state index in [0.29, 0.717) is 71.2 Å². The molecule has 292 valence electrons. The van der Waals surface area contributed by atoms with Crippen LogP contribution in [-0.4, -0.2) is 56.0 Å². The van der Waals surface area contributed by atoms with Crippen molar-refractivity contribution in [1.29, 1.82) is 0 Å². The fourth-order valence-corrected chi connectivity index (χ4v) is 7.01. The second kappa shape index (κ2) is 15.4. The van der Waals surface area contributed by atoms with Crippen molar-refractivity contribution < 1.29 is 32.3 Å². The molecule has 1 aliphatic carbocycles. The van der Waals surface area contributed by atoms with E-state index in [1.165, 1.54) is 6.07 Å². The number of imide groups is 1. The Balaban J connectivity index is 1.20. The summed E-state index contributed by atoms with van der Waals surface area (Å²) in [5.74, 6) is -0.884. The maximum absolute atomic E-state index is 14.2. The number of carbonyl (C=O) groups excluding carboxylic acids is 3. The van der Waals surface area contributed by atoms with Gasteiger partial charge in [-0.05, 0) is 106 Å². The van der Waals surface area contributed by atoms with Crippen LogP contribution in [0.3, 0.4) is 0 Å². The zero-order valence-corrected chi connectivity index (χ0v) is 31.4. The molecule has 1 fully saturated rings. The Hall–Kier alpha value is -5.44. The lowest BCUT2D eigenvalue weighted by atomic mass is 9.81. The summed E-state index contributed by atoms with van der Waals surface area (Å²) >= 11 is 0. The summed E-state index contributed by atoms with van der Waals surface area (Å²) in [6.45, 7) is 9.54. The molecule has 5 aromatic rings. The number of imidazole rings is 2. The van der Waals surface area contributed by atoms with Gasteiger partial charge >= 0.3 is 18.0 Å². The van der Waals surface area contributed by atoms with Crippen LogP contribution >= 0.6 is 0 Å². The normalized spacial score (nSPS) is 17.1. The van der Waals surface area contributed by atoms with Crippen molar-refractivity contribution in [3.8, 4) is 11.1 Å². The molecule has 6 N–H and O–H groups in total. The number of halogens is 3. The molecule has 3 amide bonds. The molecule has 3 aromatic carbocycles. The summed E-state index contributed by atoms with van der Waals surface area (Å²) in [6, 6.07) is 12.3. The summed E-state index contributed by atoms with van der Waals surface area (Å²) < 4.78 is 48.1. The number of hydrogen-bond acceptors (Lipinski definition) is 7. The van der Waals surface area contributed by atoms with E-state index in [1.807, 2.05) is 13.8 Å². The highest BCUT2D eigenvalue weighted by atomic mass is 19.4. The highest BCUT2D eigenvalue weighted by Gasteiger charge is 2.37. The van der Waals surface area contributed by atoms with Gasteiger partial charge < -0.3 is 30.7 Å². The molecular weight excluding hydrogens is 715 g/mol. The number of aromatic nitrogens is 4. The molecule has 0 saturated heterocycles. The van der Waals surface area contributed by atoms with Gasteiger partial charge in [-0.3, -0.25) is 9.59 Å². The minimum atomic E-state index is -4.62. The average molecular weight is 762 g/mol. The van der Waals surface area contributed by atoms with Crippen LogP contribution in [0.25, 0.3) is 33.2 Å². The van der Waals surface area contributed by atoms with Gasteiger partial charge in [0.1, 0.15) is 11.4 Å². The molecule has 0 spiro atoms. The van der Waals surface area contributed by atoms with Crippen LogP contribution in [0.5, 0.6) is 0 Å². The number of benzene rings is 3. The summed E-state index contributed by atoms with van der Waals surface area (Å²) in [4.78, 5) is 66.4. The van der Waals surface area contributed by atoms with E-state index in [2.05, 4.69) is 25.3 Å². The molecule has 1 saturated carbocycles. The second-order valence-electron chi connectivity index (χ2n) is 15.6. The number of alkyl halides is 3. The molecule has 1 aliphatic rings. The van der Waals surface area contributed by atoms with Gasteiger partial charge in [-0.2, -0.15) is 13.2 Å². The summed E-state index contributed by atoms with van der Waals surface area (Å²) in [5.41, 5.74) is 7.36. The zero-order chi connectivity index (χ0) is 39.8. The molecule has 55 heavy (non-hydrogen) atoms. The molecule has 2 aromatic heterocycles. The van der Waals surface area contributed by atoms with E-state index in [0.717, 1.165) is 11.0 Å². The summed E-state index contributed by atoms with van der Waals surface area (Å²) in [7, 11) is 0. The Morgan fingerprint density at radius 3 is 2.24 bits per heavy atom. The first-order valence-electron chi connectivity index (χ1n) is 18.4. The quantitative estimate of drug-likeness (QED) is 0.105. The number of hydrogen-bond donors (Lipinski definition) is 5. The Morgan fingerprint density at radius 1 is 0.927 bits per heavy atom. The van der Waals surface area contributed by atoms with Crippen molar-refractivity contribution in [2.75, 3.05) is 11.4 Å². The van der Waals surface area contributed by atoms with Crippen LogP contribution in [0.15, 0.2) is 59.4 Å². The molecule has 6 rings (SSSR count). The lowest BCUT2D eigenvalue weighted by Gasteiger charge is -2.32. The van der Waals surface area contributed by atoms with Gasteiger partial charge in [0, 0.05) is 18.4 Å². The molecular formula is C40H46F3N7O5. The average Bonchev–Trinajstić information content (AvgIpc) is 3.72. The number of H-pyrrole nitrogens is 3. The number of nitrogens with two attached hydrogens (primary N) is 1. The van der Waals surface area contributed by atoms with Crippen molar-refractivity contribution in [2.24, 2.45) is 17.6 Å². The van der Waals surface area contributed by atoms with Crippen LogP contribution in [0.2, 0.25) is 0 Å². The molecule has 1 atom stereocenters. The number of nitrogens with zero attached hydrogens (tertiary/aromatic N) is 2. The number of ether oxygens (including phenoxy) is 1. The topological polar surface area (TPSA) is 179 Å². The Morgan fingerprint density at radius 2 is 1.60 bits per heavy atom. The first kappa shape index (κ1) is 39.3. The van der Waals surface area contributed by atoms with Gasteiger partial charge in [0.25, 0.3) is 5.91 Å². The van der Waals surface area contributed by atoms with Gasteiger partial charge in [0.2, 0.25) is 5.91 Å². The Bertz CT molecular complexity index is 2260. The second-order valence-corrected chi connectivity index (χ2v) is 15.6. The van der Waals surface area contributed by atoms with Crippen molar-refractivity contribution >= 4 is 45.7 Å². The fourth-order valence-electron chi connectivity index (χ4n) is 7.01. The molecule has 2 heterocycles. The number of amides is 3. The number of alkyl carbamates (subject to hydrolysis) is 1. The van der Waals surface area contributed by atoms with E-state index in [9.17, 15) is 32.3 Å². The van der Waals surface area contributed by atoms with E-state index in [1.54, 1.807) is 63.2 Å². The van der Waals surface area contributed by atoms with E-state index in [-0.39, 0.29) is 29.5 Å². The van der Waals surface area contributed by atoms with Gasteiger partial charge in [-0.15, -0.1) is 0 Å². The lowest BCUT2D eigenvalue weighted by Crippen LogP contribution is -2.50. The Kier molecular flexibility index (Phi) is 11.0. The van der Waals surface area contributed by atoms with Crippen LogP contribution in [-0.2, 0) is 26.9 Å². The van der Waals surface area contributed by atoms with Crippen molar-refractivity contribution in [3.05, 3.63) is 82.0 Å². The predicted octanol–water partition coefficient (Wildman–Crippen LogP) is 7.30. The maximum Gasteiger partial charge on any atom is 0.417 e. The number of aromatic amines is 3. The number of nitrogens with one attached hydrogen (secondary N) is 4. The monoisotopic (exact) mass is 761 g/mol. The third-order valence-corrected chi connectivity index (χ3v) is 9.86. The fraction of sp³-hybridized carbons (Fsp3) is 0.425. The number of anilines is 1. The smallest absolute Gasteiger partial charge is 0.417 e. The number of fused-ring (bicyclic) bond motifs is 2. The maximum atomic E-state index is 14.2. The van der Waals surface area contributed by atoms with Crippen LogP contribution in [0.1, 0.15) is 83.2 Å². The van der Waals surface area contributed by atoms with E-state index < -0.39 is 52.9 Å². The molecule has 0 unspecified atom stereocenters. The summed E-state index contributed by atoms with van der Waals surface area (Å²) in [6.07, 6.45) is -2.90. The van der Waals surface area contributed by atoms with Gasteiger partial charge in [0.15, 0.2) is 0 Å². The number of carbonyl (C=O) groups is 3. The largest absolute Gasteiger partial charge is 0.444 e. The van der Waals surface area contributed by atoms with E-state index in [4.69, 9.17) is 10.5 Å². The van der Waals surface area contributed by atoms with Crippen molar-refractivity contribution in [3.63, 3.8) is 0 Å². The highest BCUT2D eigenvalue weighted by Crippen LogP contribution is 2.40. The third kappa shape index (κ3) is 9.10. The van der Waals surface area contributed by atoms with Gasteiger partial charge in [-0.1, -0.05) is 38.1 Å². The van der Waals surface area contributed by atoms with Gasteiger partial charge in [-0.25, -0.2) is 19.5 Å². The SMILES string of the molecule is CC(C)c1nc2cc(-c3ccc(C[C@H](N)C(=O)N(C(=O)C4CCC(CNC(=O)OC(C)(C)C)CC4)c4ccc5[nH]c(=O)[nH]c5c4)cc3)c(C(F)(F)F)cc2[nH]1. The van der Waals surface area contributed by atoms with Crippen LogP contribution in [0, 0.1) is 11.8 Å². The minimum Gasteiger partial charge on any atom is -0.444 e. The van der Waals surface area contributed by atoms with Crippen molar-refractivity contribution in [1.82, 2.24) is 25.3 Å². The van der Waals surface area contributed by atoms with Crippen LogP contribution in [0.4, 0.5) is 23.7 Å². The number of rotatable bonds is 9. The first-order chi connectivity index (χ1) is 25.9. The standard InChI is InChI=1S/C40H46F3N7O5/c1-21(2)34-46-32-18-27(28(40(41,42)43)19-33(32)47-34)24-10-6-22(7-11-24)16-29(44)36(52)50(26-14-15-30-31(17-26)49-37(53)48-30)35(51)25-12-8-23(9-13-25)20-45-38(54)55-39(3,4)5/h6-7,10-11,14-15,17-19,21,23,25,29H,8-9,12-13,16,20,44H2,1-5H3,(H,45,54)(H,46,47)(H2,48,49,53)/t23?,25?,29-/m0/s1. The molecule has 0 aliphatic heterocycles. The van der Waals surface area contributed by atoms with Crippen molar-refractivity contribution in [2.45, 2.75) is 90.5 Å². The van der Waals surface area contributed by atoms with Crippen LogP contribution < -0.4 is 21.6 Å². The molecule has 15 heteroatoms. The van der Waals surface area contributed by atoms with E-state index >= 15 is 0 Å². The molecule has 0 radical (unpaired) electrons. The Labute approximate surface area is 315 Å². The zero-order valence-electron chi connectivity index (χ0n) is 31.4. The summed E-state index contributed by atoms with van der Waals surface area (Å²) in [5, 5.41) is 2.80. The minimum absolute atomic E-state index is 0.00185. The first-order valence-corrected chi connectivity index (χ1v) is 18.4. The third-order valence-electron chi connectivity index (χ3n) is 9.86.